The lowest BCUT2D eigenvalue weighted by molar-refractivity contribution is -0.137. The fourth-order valence-electron chi connectivity index (χ4n) is 2.04. The zero-order valence-electron chi connectivity index (χ0n) is 16.6. The summed E-state index contributed by atoms with van der Waals surface area (Å²) in [7, 11) is 0. The van der Waals surface area contributed by atoms with Crippen LogP contribution >= 0.6 is 0 Å². The summed E-state index contributed by atoms with van der Waals surface area (Å²) in [6.07, 6.45) is 3.96. The van der Waals surface area contributed by atoms with Crippen LogP contribution in [0.5, 0.6) is 0 Å². The van der Waals surface area contributed by atoms with Crippen LogP contribution in [0.1, 0.15) is 47.0 Å². The lowest BCUT2D eigenvalue weighted by atomic mass is 9.89. The number of imide groups is 1. The zero-order chi connectivity index (χ0) is 21.0. The summed E-state index contributed by atoms with van der Waals surface area (Å²) in [6.45, 7) is 8.41. The molecule has 0 unspecified atom stereocenters. The van der Waals surface area contributed by atoms with Gasteiger partial charge in [-0.05, 0) is 18.8 Å². The van der Waals surface area contributed by atoms with Crippen molar-refractivity contribution in [1.29, 1.82) is 0 Å². The van der Waals surface area contributed by atoms with Gasteiger partial charge in [0.05, 0.1) is 0 Å². The number of nitrogens with zero attached hydrogens (tertiary/aromatic N) is 1. The van der Waals surface area contributed by atoms with E-state index in [1.54, 1.807) is 13.8 Å². The summed E-state index contributed by atoms with van der Waals surface area (Å²) in [4.78, 5) is 45.7. The number of carbonyl (C=O) groups excluding carboxylic acids is 4. The molecule has 0 spiro atoms. The molecule has 0 saturated heterocycles. The van der Waals surface area contributed by atoms with E-state index in [0.717, 1.165) is 11.3 Å². The van der Waals surface area contributed by atoms with Crippen molar-refractivity contribution >= 4 is 23.6 Å². The standard InChI is InChI=1S/C12H18N2O3.C6H14N2O2/c1-9(2)5-7-13-10(15)6-8-14-11(16)3-4-12(14)17;1-6(2,3-4-9)5(10)8-7/h3-4,9H,5-8H2,1-2H3,(H,13,15);9H,3-4,7H2,1-2H3,(H,8,10). The van der Waals surface area contributed by atoms with Crippen molar-refractivity contribution in [3.63, 3.8) is 0 Å². The Hall–Kier alpha value is -2.26. The van der Waals surface area contributed by atoms with Crippen molar-refractivity contribution in [2.75, 3.05) is 19.7 Å². The van der Waals surface area contributed by atoms with Crippen LogP contribution in [0, 0.1) is 11.3 Å². The molecule has 154 valence electrons. The topological polar surface area (TPSA) is 142 Å². The van der Waals surface area contributed by atoms with E-state index in [2.05, 4.69) is 19.2 Å². The number of rotatable bonds is 9. The van der Waals surface area contributed by atoms with Crippen molar-refractivity contribution < 1.29 is 24.3 Å². The molecule has 1 heterocycles. The lowest BCUT2D eigenvalue weighted by Crippen LogP contribution is -2.41. The maximum atomic E-state index is 11.4. The maximum absolute atomic E-state index is 11.4. The highest BCUT2D eigenvalue weighted by Crippen LogP contribution is 2.18. The summed E-state index contributed by atoms with van der Waals surface area (Å²) in [6, 6.07) is 0. The summed E-state index contributed by atoms with van der Waals surface area (Å²) in [5, 5.41) is 11.3. The molecule has 0 saturated carbocycles. The van der Waals surface area contributed by atoms with Crippen LogP contribution in [-0.4, -0.2) is 53.3 Å². The Kier molecular flexibility index (Phi) is 11.2. The van der Waals surface area contributed by atoms with Gasteiger partial charge < -0.3 is 10.4 Å². The number of hydrogen-bond donors (Lipinski definition) is 4. The first kappa shape index (κ1) is 24.7. The van der Waals surface area contributed by atoms with E-state index in [9.17, 15) is 19.2 Å². The van der Waals surface area contributed by atoms with Crippen LogP contribution in [-0.2, 0) is 19.2 Å². The van der Waals surface area contributed by atoms with E-state index in [0.29, 0.717) is 18.9 Å². The van der Waals surface area contributed by atoms with Crippen molar-refractivity contribution in [2.24, 2.45) is 17.2 Å². The SMILES string of the molecule is CC(C)(CCO)C(=O)NN.CC(C)CCNC(=O)CCN1C(=O)C=CC1=O. The molecule has 9 nitrogen and oxygen atoms in total. The van der Waals surface area contributed by atoms with Crippen LogP contribution in [0.2, 0.25) is 0 Å². The van der Waals surface area contributed by atoms with Crippen LogP contribution < -0.4 is 16.6 Å². The highest BCUT2D eigenvalue weighted by atomic mass is 16.3. The molecular weight excluding hydrogens is 352 g/mol. The number of carbonyl (C=O) groups is 4. The van der Waals surface area contributed by atoms with Crippen molar-refractivity contribution in [3.8, 4) is 0 Å². The van der Waals surface area contributed by atoms with E-state index in [1.807, 2.05) is 5.43 Å². The van der Waals surface area contributed by atoms with E-state index in [4.69, 9.17) is 10.9 Å². The molecule has 0 aromatic rings. The normalized spacial score (nSPS) is 13.5. The molecule has 0 fully saturated rings. The molecule has 0 aromatic carbocycles. The largest absolute Gasteiger partial charge is 0.396 e. The van der Waals surface area contributed by atoms with Gasteiger partial charge >= 0.3 is 0 Å². The predicted octanol–water partition coefficient (Wildman–Crippen LogP) is -0.151. The molecule has 0 atom stereocenters. The van der Waals surface area contributed by atoms with Crippen molar-refractivity contribution in [2.45, 2.75) is 47.0 Å². The van der Waals surface area contributed by atoms with Crippen molar-refractivity contribution in [3.05, 3.63) is 12.2 Å². The summed E-state index contributed by atoms with van der Waals surface area (Å²) in [5.74, 6) is 4.39. The van der Waals surface area contributed by atoms with Gasteiger partial charge in [-0.2, -0.15) is 0 Å². The van der Waals surface area contributed by atoms with Crippen molar-refractivity contribution in [1.82, 2.24) is 15.6 Å². The fraction of sp³-hybridized carbons (Fsp3) is 0.667. The second kappa shape index (κ2) is 12.2. The number of aliphatic hydroxyl groups excluding tert-OH is 1. The molecule has 9 heteroatoms. The Bertz CT molecular complexity index is 540. The molecule has 0 radical (unpaired) electrons. The molecule has 1 aliphatic heterocycles. The molecule has 27 heavy (non-hydrogen) atoms. The highest BCUT2D eigenvalue weighted by Gasteiger charge is 2.25. The molecule has 0 aromatic heterocycles. The number of nitrogens with one attached hydrogen (secondary N) is 2. The minimum Gasteiger partial charge on any atom is -0.396 e. The van der Waals surface area contributed by atoms with E-state index >= 15 is 0 Å². The van der Waals surface area contributed by atoms with Gasteiger partial charge in [-0.1, -0.05) is 27.7 Å². The monoisotopic (exact) mass is 384 g/mol. The smallest absolute Gasteiger partial charge is 0.253 e. The lowest BCUT2D eigenvalue weighted by Gasteiger charge is -2.20. The van der Waals surface area contributed by atoms with Gasteiger partial charge in [0.2, 0.25) is 11.8 Å². The fourth-order valence-corrected chi connectivity index (χ4v) is 2.04. The first-order chi connectivity index (χ1) is 12.5. The average Bonchev–Trinajstić information content (AvgIpc) is 2.90. The van der Waals surface area contributed by atoms with E-state index in [-0.39, 0.29) is 43.2 Å². The summed E-state index contributed by atoms with van der Waals surface area (Å²) >= 11 is 0. The van der Waals surface area contributed by atoms with Crippen LogP contribution in [0.4, 0.5) is 0 Å². The summed E-state index contributed by atoms with van der Waals surface area (Å²) in [5.41, 5.74) is 1.47. The van der Waals surface area contributed by atoms with Crippen LogP contribution in [0.3, 0.4) is 0 Å². The summed E-state index contributed by atoms with van der Waals surface area (Å²) < 4.78 is 0. The maximum Gasteiger partial charge on any atom is 0.253 e. The van der Waals surface area contributed by atoms with Gasteiger partial charge in [-0.3, -0.25) is 29.5 Å². The van der Waals surface area contributed by atoms with Crippen LogP contribution in [0.25, 0.3) is 0 Å². The van der Waals surface area contributed by atoms with Gasteiger partial charge in [0, 0.05) is 43.7 Å². The van der Waals surface area contributed by atoms with Crippen LogP contribution in [0.15, 0.2) is 12.2 Å². The minimum absolute atomic E-state index is 0.000417. The molecule has 1 rings (SSSR count). The number of aliphatic hydroxyl groups is 1. The molecular formula is C18H32N4O5. The molecule has 0 bridgehead atoms. The quantitative estimate of drug-likeness (QED) is 0.188. The average molecular weight is 384 g/mol. The van der Waals surface area contributed by atoms with Gasteiger partial charge in [-0.15, -0.1) is 0 Å². The first-order valence-corrected chi connectivity index (χ1v) is 8.97. The molecule has 4 amide bonds. The second-order valence-corrected chi connectivity index (χ2v) is 7.27. The molecule has 0 aliphatic carbocycles. The molecule has 5 N–H and O–H groups in total. The first-order valence-electron chi connectivity index (χ1n) is 8.97. The second-order valence-electron chi connectivity index (χ2n) is 7.27. The minimum atomic E-state index is -0.566. The van der Waals surface area contributed by atoms with E-state index < -0.39 is 5.41 Å². The number of hydrogen-bond acceptors (Lipinski definition) is 6. The van der Waals surface area contributed by atoms with Gasteiger partial charge in [-0.25, -0.2) is 5.84 Å². The Morgan fingerprint density at radius 3 is 2.22 bits per heavy atom. The van der Waals surface area contributed by atoms with E-state index in [1.165, 1.54) is 12.2 Å². The highest BCUT2D eigenvalue weighted by molar-refractivity contribution is 6.13. The Morgan fingerprint density at radius 2 is 1.78 bits per heavy atom. The Balaban J connectivity index is 0.000000580. The zero-order valence-corrected chi connectivity index (χ0v) is 16.6. The Labute approximate surface area is 160 Å². The third kappa shape index (κ3) is 9.86. The van der Waals surface area contributed by atoms with Gasteiger partial charge in [0.25, 0.3) is 11.8 Å². The number of amides is 4. The predicted molar refractivity (Wildman–Crippen MR) is 101 cm³/mol. The van der Waals surface area contributed by atoms with Gasteiger partial charge in [0.1, 0.15) is 0 Å². The number of hydrazine groups is 1. The van der Waals surface area contributed by atoms with Gasteiger partial charge in [0.15, 0.2) is 0 Å². The third-order valence-electron chi connectivity index (χ3n) is 3.99. The third-order valence-corrected chi connectivity index (χ3v) is 3.99. The Morgan fingerprint density at radius 1 is 1.22 bits per heavy atom. The number of nitrogens with two attached hydrogens (primary N) is 1. The molecule has 1 aliphatic rings.